The molecule has 0 bridgehead atoms. The van der Waals surface area contributed by atoms with E-state index in [2.05, 4.69) is 29.7 Å². The second kappa shape index (κ2) is 6.87. The number of rotatable bonds is 4. The van der Waals surface area contributed by atoms with Crippen LogP contribution in [0.2, 0.25) is 5.02 Å². The van der Waals surface area contributed by atoms with Crippen molar-refractivity contribution in [3.8, 4) is 0 Å². The van der Waals surface area contributed by atoms with Gasteiger partial charge in [0, 0.05) is 30.1 Å². The minimum atomic E-state index is 0.165. The van der Waals surface area contributed by atoms with Crippen molar-refractivity contribution in [2.24, 2.45) is 5.73 Å². The zero-order chi connectivity index (χ0) is 13.8. The van der Waals surface area contributed by atoms with Gasteiger partial charge in [-0.1, -0.05) is 30.7 Å². The monoisotopic (exact) mass is 298 g/mol. The summed E-state index contributed by atoms with van der Waals surface area (Å²) in [4.78, 5) is 2.45. The standard InChI is InChI=1S/C15H23ClN2S/c1-3-13-10-18(7-8-19-13)15-12(9-11(2)17)5-4-6-14(15)16/h4-6,11,13H,3,7-10,17H2,1-2H3. The van der Waals surface area contributed by atoms with E-state index in [4.69, 9.17) is 17.3 Å². The smallest absolute Gasteiger partial charge is 0.0642 e. The molecule has 2 rings (SSSR count). The van der Waals surface area contributed by atoms with Crippen LogP contribution in [0.4, 0.5) is 5.69 Å². The molecular weight excluding hydrogens is 276 g/mol. The lowest BCUT2D eigenvalue weighted by atomic mass is 10.0. The lowest BCUT2D eigenvalue weighted by molar-refractivity contribution is 0.707. The van der Waals surface area contributed by atoms with Gasteiger partial charge >= 0.3 is 0 Å². The van der Waals surface area contributed by atoms with E-state index in [1.165, 1.54) is 23.4 Å². The zero-order valence-electron chi connectivity index (χ0n) is 11.7. The van der Waals surface area contributed by atoms with Crippen LogP contribution in [0.25, 0.3) is 0 Å². The zero-order valence-corrected chi connectivity index (χ0v) is 13.3. The van der Waals surface area contributed by atoms with Gasteiger partial charge in [-0.2, -0.15) is 11.8 Å². The van der Waals surface area contributed by atoms with Gasteiger partial charge in [-0.05, 0) is 31.4 Å². The number of thioether (sulfide) groups is 1. The average molecular weight is 299 g/mol. The number of nitrogens with two attached hydrogens (primary N) is 1. The fourth-order valence-corrected chi connectivity index (χ4v) is 4.09. The summed E-state index contributed by atoms with van der Waals surface area (Å²) in [6.07, 6.45) is 2.10. The van der Waals surface area contributed by atoms with Gasteiger partial charge < -0.3 is 10.6 Å². The van der Waals surface area contributed by atoms with E-state index in [9.17, 15) is 0 Å². The van der Waals surface area contributed by atoms with Gasteiger partial charge in [0.15, 0.2) is 0 Å². The highest BCUT2D eigenvalue weighted by atomic mass is 35.5. The summed E-state index contributed by atoms with van der Waals surface area (Å²) >= 11 is 8.53. The summed E-state index contributed by atoms with van der Waals surface area (Å²) in [5.74, 6) is 1.18. The predicted molar refractivity (Wildman–Crippen MR) is 87.6 cm³/mol. The Bertz CT molecular complexity index is 423. The van der Waals surface area contributed by atoms with E-state index in [1.54, 1.807) is 0 Å². The highest BCUT2D eigenvalue weighted by Gasteiger charge is 2.23. The fourth-order valence-electron chi connectivity index (χ4n) is 2.60. The van der Waals surface area contributed by atoms with E-state index in [1.807, 2.05) is 19.1 Å². The molecule has 2 N–H and O–H groups in total. The van der Waals surface area contributed by atoms with Crippen molar-refractivity contribution >= 4 is 29.1 Å². The van der Waals surface area contributed by atoms with Crippen LogP contribution in [-0.4, -0.2) is 30.1 Å². The Kier molecular flexibility index (Phi) is 5.43. The molecule has 1 heterocycles. The number of hydrogen-bond donors (Lipinski definition) is 1. The second-order valence-corrected chi connectivity index (χ2v) is 7.09. The molecule has 106 valence electrons. The molecule has 0 spiro atoms. The number of anilines is 1. The van der Waals surface area contributed by atoms with Crippen LogP contribution in [0.1, 0.15) is 25.8 Å². The Hall–Kier alpha value is -0.380. The molecule has 4 heteroatoms. The van der Waals surface area contributed by atoms with Gasteiger partial charge in [0.05, 0.1) is 10.7 Å². The van der Waals surface area contributed by atoms with Gasteiger partial charge in [-0.25, -0.2) is 0 Å². The van der Waals surface area contributed by atoms with E-state index in [0.29, 0.717) is 5.25 Å². The van der Waals surface area contributed by atoms with E-state index >= 15 is 0 Å². The summed E-state index contributed by atoms with van der Waals surface area (Å²) in [6, 6.07) is 6.34. The van der Waals surface area contributed by atoms with Crippen LogP contribution in [0.5, 0.6) is 0 Å². The van der Waals surface area contributed by atoms with E-state index in [-0.39, 0.29) is 6.04 Å². The topological polar surface area (TPSA) is 29.3 Å². The molecule has 1 saturated heterocycles. The van der Waals surface area contributed by atoms with Gasteiger partial charge in [-0.15, -0.1) is 0 Å². The number of halogens is 1. The molecule has 19 heavy (non-hydrogen) atoms. The van der Waals surface area contributed by atoms with Crippen molar-refractivity contribution in [2.45, 2.75) is 38.0 Å². The lowest BCUT2D eigenvalue weighted by Crippen LogP contribution is -2.38. The number of benzene rings is 1. The normalized spacial score (nSPS) is 21.5. The molecule has 1 aromatic carbocycles. The Morgan fingerprint density at radius 2 is 2.32 bits per heavy atom. The molecule has 1 aromatic rings. The Morgan fingerprint density at radius 3 is 3.00 bits per heavy atom. The van der Waals surface area contributed by atoms with Crippen molar-refractivity contribution in [2.75, 3.05) is 23.7 Å². The Morgan fingerprint density at radius 1 is 1.53 bits per heavy atom. The third-order valence-corrected chi connectivity index (χ3v) is 5.20. The molecule has 1 aliphatic rings. The first-order valence-corrected chi connectivity index (χ1v) is 8.44. The number of hydrogen-bond acceptors (Lipinski definition) is 3. The predicted octanol–water partition coefficient (Wildman–Crippen LogP) is 3.56. The van der Waals surface area contributed by atoms with Crippen LogP contribution >= 0.6 is 23.4 Å². The first kappa shape index (κ1) is 15.0. The van der Waals surface area contributed by atoms with E-state index in [0.717, 1.165) is 24.5 Å². The quantitative estimate of drug-likeness (QED) is 0.921. The summed E-state index contributed by atoms with van der Waals surface area (Å²) < 4.78 is 0. The average Bonchev–Trinajstić information content (AvgIpc) is 2.38. The Labute approximate surface area is 125 Å². The second-order valence-electron chi connectivity index (χ2n) is 5.28. The molecule has 2 atom stereocenters. The summed E-state index contributed by atoms with van der Waals surface area (Å²) in [7, 11) is 0. The maximum atomic E-state index is 6.45. The van der Waals surface area contributed by atoms with Gasteiger partial charge in [-0.3, -0.25) is 0 Å². The molecule has 0 aliphatic carbocycles. The Balaban J connectivity index is 2.26. The molecule has 0 radical (unpaired) electrons. The first-order valence-electron chi connectivity index (χ1n) is 7.01. The van der Waals surface area contributed by atoms with Crippen molar-refractivity contribution in [3.05, 3.63) is 28.8 Å². The van der Waals surface area contributed by atoms with Crippen molar-refractivity contribution in [3.63, 3.8) is 0 Å². The summed E-state index contributed by atoms with van der Waals surface area (Å²) in [5.41, 5.74) is 8.45. The van der Waals surface area contributed by atoms with Crippen LogP contribution in [-0.2, 0) is 6.42 Å². The van der Waals surface area contributed by atoms with Crippen molar-refractivity contribution < 1.29 is 0 Å². The van der Waals surface area contributed by atoms with Crippen LogP contribution < -0.4 is 10.6 Å². The van der Waals surface area contributed by atoms with Crippen molar-refractivity contribution in [1.29, 1.82) is 0 Å². The highest BCUT2D eigenvalue weighted by molar-refractivity contribution is 8.00. The third kappa shape index (κ3) is 3.80. The summed E-state index contributed by atoms with van der Waals surface area (Å²) in [6.45, 7) is 6.48. The third-order valence-electron chi connectivity index (χ3n) is 3.52. The minimum absolute atomic E-state index is 0.165. The van der Waals surface area contributed by atoms with E-state index < -0.39 is 0 Å². The van der Waals surface area contributed by atoms with Crippen molar-refractivity contribution in [1.82, 2.24) is 0 Å². The molecule has 0 aromatic heterocycles. The summed E-state index contributed by atoms with van der Waals surface area (Å²) in [5, 5.41) is 1.58. The molecule has 2 nitrogen and oxygen atoms in total. The molecule has 1 aliphatic heterocycles. The minimum Gasteiger partial charge on any atom is -0.368 e. The fraction of sp³-hybridized carbons (Fsp3) is 0.600. The lowest BCUT2D eigenvalue weighted by Gasteiger charge is -2.35. The molecule has 2 unspecified atom stereocenters. The SMILES string of the molecule is CCC1CN(c2c(Cl)cccc2CC(C)N)CCS1. The number of para-hydroxylation sites is 1. The number of nitrogens with zero attached hydrogens (tertiary/aromatic N) is 1. The first-order chi connectivity index (χ1) is 9.11. The molecule has 0 amide bonds. The van der Waals surface area contributed by atoms with Gasteiger partial charge in [0.1, 0.15) is 0 Å². The maximum absolute atomic E-state index is 6.45. The highest BCUT2D eigenvalue weighted by Crippen LogP contribution is 2.34. The van der Waals surface area contributed by atoms with Crippen LogP contribution in [0.3, 0.4) is 0 Å². The molecule has 1 fully saturated rings. The molecular formula is C15H23ClN2S. The molecule has 0 saturated carbocycles. The van der Waals surface area contributed by atoms with Gasteiger partial charge in [0.25, 0.3) is 0 Å². The van der Waals surface area contributed by atoms with Crippen LogP contribution in [0.15, 0.2) is 18.2 Å². The van der Waals surface area contributed by atoms with Gasteiger partial charge in [0.2, 0.25) is 0 Å². The van der Waals surface area contributed by atoms with Crippen LogP contribution in [0, 0.1) is 0 Å². The largest absolute Gasteiger partial charge is 0.368 e. The maximum Gasteiger partial charge on any atom is 0.0642 e.